The number of carbonyl (C=O) groups excluding carboxylic acids is 2. The number of amides is 2. The molecule has 0 fully saturated rings. The summed E-state index contributed by atoms with van der Waals surface area (Å²) in [6.45, 7) is 1.12. The van der Waals surface area contributed by atoms with E-state index in [2.05, 4.69) is 27.0 Å². The summed E-state index contributed by atoms with van der Waals surface area (Å²) in [7, 11) is 1.72. The molecule has 0 bridgehead atoms. The lowest BCUT2D eigenvalue weighted by atomic mass is 10.1. The quantitative estimate of drug-likeness (QED) is 0.269. The summed E-state index contributed by atoms with van der Waals surface area (Å²) in [4.78, 5) is 27.9. The Kier molecular flexibility index (Phi) is 9.66. The largest absolute Gasteiger partial charge is 0.368 e. The van der Waals surface area contributed by atoms with Crippen LogP contribution in [-0.2, 0) is 17.9 Å². The molecule has 140 valence electrons. The zero-order valence-electron chi connectivity index (χ0n) is 14.3. The van der Waals surface area contributed by atoms with Crippen LogP contribution in [-0.4, -0.2) is 31.4 Å². The molecule has 5 N–H and O–H groups in total. The molecule has 0 spiro atoms. The van der Waals surface area contributed by atoms with Crippen molar-refractivity contribution in [2.75, 3.05) is 13.6 Å². The van der Waals surface area contributed by atoms with Gasteiger partial charge in [0.15, 0.2) is 5.96 Å². The maximum atomic E-state index is 11.8. The standard InChI is InChI=1S/C17H21N5O2S.HI/c1-19-17(22-10-14-3-2-8-25-14)21-9-12-4-6-13(7-5-12)16(24)20-11-15(18)23;/h2-8H,9-11H2,1H3,(H2,18,23)(H,20,24)(H2,19,21,22);1H. The molecule has 26 heavy (non-hydrogen) atoms. The molecule has 0 aliphatic rings. The van der Waals surface area contributed by atoms with E-state index in [1.165, 1.54) is 4.88 Å². The van der Waals surface area contributed by atoms with E-state index in [-0.39, 0.29) is 36.4 Å². The van der Waals surface area contributed by atoms with Gasteiger partial charge >= 0.3 is 0 Å². The number of carbonyl (C=O) groups is 2. The lowest BCUT2D eigenvalue weighted by Crippen LogP contribution is -2.36. The van der Waals surface area contributed by atoms with Crippen molar-refractivity contribution in [1.82, 2.24) is 16.0 Å². The highest BCUT2D eigenvalue weighted by atomic mass is 127. The first-order chi connectivity index (χ1) is 12.1. The molecule has 0 aliphatic carbocycles. The van der Waals surface area contributed by atoms with Gasteiger partial charge < -0.3 is 21.7 Å². The Morgan fingerprint density at radius 2 is 1.77 bits per heavy atom. The number of hydrogen-bond donors (Lipinski definition) is 4. The summed E-state index contributed by atoms with van der Waals surface area (Å²) in [5, 5.41) is 10.9. The number of guanidine groups is 1. The highest BCUT2D eigenvalue weighted by Gasteiger charge is 2.06. The fourth-order valence-electron chi connectivity index (χ4n) is 2.03. The highest BCUT2D eigenvalue weighted by molar-refractivity contribution is 14.0. The molecule has 0 saturated heterocycles. The van der Waals surface area contributed by atoms with Gasteiger partial charge in [-0.3, -0.25) is 14.6 Å². The summed E-state index contributed by atoms with van der Waals surface area (Å²) >= 11 is 1.69. The summed E-state index contributed by atoms with van der Waals surface area (Å²) in [6, 6.07) is 11.2. The molecule has 0 unspecified atom stereocenters. The molecule has 7 nitrogen and oxygen atoms in total. The molecule has 1 aromatic heterocycles. The smallest absolute Gasteiger partial charge is 0.251 e. The number of aliphatic imine (C=N–C) groups is 1. The molecule has 0 radical (unpaired) electrons. The molecule has 9 heteroatoms. The maximum Gasteiger partial charge on any atom is 0.251 e. The third-order valence-corrected chi connectivity index (χ3v) is 4.21. The Hall–Kier alpha value is -2.14. The predicted molar refractivity (Wildman–Crippen MR) is 115 cm³/mol. The monoisotopic (exact) mass is 487 g/mol. The molecule has 0 atom stereocenters. The second-order valence-electron chi connectivity index (χ2n) is 5.20. The van der Waals surface area contributed by atoms with E-state index in [0.717, 1.165) is 12.1 Å². The number of hydrogen-bond acceptors (Lipinski definition) is 4. The van der Waals surface area contributed by atoms with Gasteiger partial charge in [-0.1, -0.05) is 18.2 Å². The normalized spacial score (nSPS) is 10.6. The van der Waals surface area contributed by atoms with E-state index >= 15 is 0 Å². The molecular weight excluding hydrogens is 465 g/mol. The summed E-state index contributed by atoms with van der Waals surface area (Å²) < 4.78 is 0. The molecular formula is C17H22IN5O2S. The number of rotatable bonds is 7. The van der Waals surface area contributed by atoms with E-state index in [1.807, 2.05) is 23.6 Å². The maximum absolute atomic E-state index is 11.8. The van der Waals surface area contributed by atoms with Gasteiger partial charge in [0.1, 0.15) is 0 Å². The van der Waals surface area contributed by atoms with Crippen molar-refractivity contribution >= 4 is 53.1 Å². The molecule has 1 aromatic carbocycles. The Morgan fingerprint density at radius 3 is 2.35 bits per heavy atom. The van der Waals surface area contributed by atoms with Crippen LogP contribution in [0, 0.1) is 0 Å². The van der Waals surface area contributed by atoms with Gasteiger partial charge in [0.2, 0.25) is 5.91 Å². The summed E-state index contributed by atoms with van der Waals surface area (Å²) in [6.07, 6.45) is 0. The van der Waals surface area contributed by atoms with Gasteiger partial charge in [-0.2, -0.15) is 0 Å². The van der Waals surface area contributed by atoms with Crippen molar-refractivity contribution < 1.29 is 9.59 Å². The van der Waals surface area contributed by atoms with Gasteiger partial charge in [0.25, 0.3) is 5.91 Å². The van der Waals surface area contributed by atoms with Crippen LogP contribution in [0.5, 0.6) is 0 Å². The molecule has 0 saturated carbocycles. The van der Waals surface area contributed by atoms with Crippen LogP contribution >= 0.6 is 35.3 Å². The Morgan fingerprint density at radius 1 is 1.08 bits per heavy atom. The number of thiophene rings is 1. The Balaban J connectivity index is 0.00000338. The third kappa shape index (κ3) is 7.40. The van der Waals surface area contributed by atoms with Crippen LogP contribution in [0.4, 0.5) is 0 Å². The number of nitrogens with one attached hydrogen (secondary N) is 3. The van der Waals surface area contributed by atoms with Crippen LogP contribution in [0.2, 0.25) is 0 Å². The SMILES string of the molecule is CN=C(NCc1ccc(C(=O)NCC(N)=O)cc1)NCc1cccs1.I. The van der Waals surface area contributed by atoms with Crippen molar-refractivity contribution in [3.05, 3.63) is 57.8 Å². The minimum Gasteiger partial charge on any atom is -0.368 e. The first-order valence-electron chi connectivity index (χ1n) is 7.71. The lowest BCUT2D eigenvalue weighted by molar-refractivity contribution is -0.117. The zero-order chi connectivity index (χ0) is 18.1. The van der Waals surface area contributed by atoms with Crippen molar-refractivity contribution in [3.8, 4) is 0 Å². The second kappa shape index (κ2) is 11.5. The minimum absolute atomic E-state index is 0. The van der Waals surface area contributed by atoms with E-state index in [4.69, 9.17) is 5.73 Å². The van der Waals surface area contributed by atoms with E-state index in [1.54, 1.807) is 30.5 Å². The van der Waals surface area contributed by atoms with E-state index in [0.29, 0.717) is 18.1 Å². The summed E-state index contributed by atoms with van der Waals surface area (Å²) in [5.41, 5.74) is 6.48. The minimum atomic E-state index is -0.574. The van der Waals surface area contributed by atoms with Crippen LogP contribution in [0.15, 0.2) is 46.8 Å². The first-order valence-corrected chi connectivity index (χ1v) is 8.59. The van der Waals surface area contributed by atoms with Crippen LogP contribution < -0.4 is 21.7 Å². The molecule has 2 amide bonds. The van der Waals surface area contributed by atoms with Crippen LogP contribution in [0.3, 0.4) is 0 Å². The number of benzene rings is 1. The van der Waals surface area contributed by atoms with Crippen molar-refractivity contribution in [3.63, 3.8) is 0 Å². The Labute approximate surface area is 173 Å². The average molecular weight is 487 g/mol. The molecule has 1 heterocycles. The van der Waals surface area contributed by atoms with Gasteiger partial charge in [-0.25, -0.2) is 0 Å². The van der Waals surface area contributed by atoms with Gasteiger partial charge in [0.05, 0.1) is 13.1 Å². The van der Waals surface area contributed by atoms with Gasteiger partial charge in [0, 0.05) is 24.0 Å². The zero-order valence-corrected chi connectivity index (χ0v) is 17.5. The fraction of sp³-hybridized carbons (Fsp3) is 0.235. The van der Waals surface area contributed by atoms with Crippen molar-refractivity contribution in [2.45, 2.75) is 13.1 Å². The number of primary amides is 1. The first kappa shape index (κ1) is 21.9. The Bertz CT molecular complexity index is 732. The van der Waals surface area contributed by atoms with Crippen molar-refractivity contribution in [2.24, 2.45) is 10.7 Å². The highest BCUT2D eigenvalue weighted by Crippen LogP contribution is 2.07. The van der Waals surface area contributed by atoms with Crippen LogP contribution in [0.1, 0.15) is 20.8 Å². The average Bonchev–Trinajstić information content (AvgIpc) is 3.14. The lowest BCUT2D eigenvalue weighted by Gasteiger charge is -2.11. The fourth-order valence-corrected chi connectivity index (χ4v) is 2.68. The van der Waals surface area contributed by atoms with Crippen LogP contribution in [0.25, 0.3) is 0 Å². The second-order valence-corrected chi connectivity index (χ2v) is 6.24. The topological polar surface area (TPSA) is 109 Å². The summed E-state index contributed by atoms with van der Waals surface area (Å²) in [5.74, 6) is -0.195. The molecule has 2 rings (SSSR count). The van der Waals surface area contributed by atoms with E-state index in [9.17, 15) is 9.59 Å². The van der Waals surface area contributed by atoms with Gasteiger partial charge in [-0.05, 0) is 29.1 Å². The van der Waals surface area contributed by atoms with Gasteiger partial charge in [-0.15, -0.1) is 35.3 Å². The third-order valence-electron chi connectivity index (χ3n) is 3.33. The number of nitrogens with zero attached hydrogens (tertiary/aromatic N) is 1. The molecule has 0 aliphatic heterocycles. The number of halogens is 1. The molecule has 2 aromatic rings. The van der Waals surface area contributed by atoms with E-state index < -0.39 is 5.91 Å². The van der Waals surface area contributed by atoms with Crippen molar-refractivity contribution in [1.29, 1.82) is 0 Å². The number of nitrogens with two attached hydrogens (primary N) is 1. The predicted octanol–water partition coefficient (Wildman–Crippen LogP) is 1.45.